The van der Waals surface area contributed by atoms with Crippen LogP contribution in [-0.2, 0) is 11.0 Å². The van der Waals surface area contributed by atoms with Crippen molar-refractivity contribution >= 4 is 27.7 Å². The molecule has 0 bridgehead atoms. The number of hydrogen-bond donors (Lipinski definition) is 1. The molecule has 1 saturated carbocycles. The van der Waals surface area contributed by atoms with E-state index in [2.05, 4.69) is 26.2 Å². The van der Waals surface area contributed by atoms with E-state index in [0.717, 1.165) is 44.4 Å². The van der Waals surface area contributed by atoms with Gasteiger partial charge in [-0.25, -0.2) is 4.98 Å². The van der Waals surface area contributed by atoms with Crippen molar-refractivity contribution in [3.63, 3.8) is 0 Å². The molecule has 1 N–H and O–H groups in total. The number of nitrogens with zero attached hydrogens (tertiary/aromatic N) is 2. The van der Waals surface area contributed by atoms with Crippen LogP contribution in [0.4, 0.5) is 19.0 Å². The lowest BCUT2D eigenvalue weighted by Crippen LogP contribution is -2.50. The van der Waals surface area contributed by atoms with Gasteiger partial charge in [0.1, 0.15) is 5.82 Å². The first-order valence-corrected chi connectivity index (χ1v) is 8.92. The number of alkyl halides is 3. The molecule has 0 spiro atoms. The van der Waals surface area contributed by atoms with E-state index < -0.39 is 11.7 Å². The number of piperidine rings is 1. The number of nitrogens with one attached hydrogen (secondary N) is 1. The van der Waals surface area contributed by atoms with E-state index in [4.69, 9.17) is 0 Å². The molecule has 8 heteroatoms. The third kappa shape index (κ3) is 3.84. The predicted molar refractivity (Wildman–Crippen MR) is 87.7 cm³/mol. The molecule has 3 rings (SSSR count). The van der Waals surface area contributed by atoms with Crippen molar-refractivity contribution in [1.82, 2.24) is 10.3 Å². The number of anilines is 1. The summed E-state index contributed by atoms with van der Waals surface area (Å²) in [6, 6.07) is 1.07. The van der Waals surface area contributed by atoms with Gasteiger partial charge in [-0.15, -0.1) is 0 Å². The molecular weight excluding hydrogens is 387 g/mol. The maximum Gasteiger partial charge on any atom is 0.417 e. The minimum atomic E-state index is -4.41. The van der Waals surface area contributed by atoms with E-state index in [-0.39, 0.29) is 17.9 Å². The fourth-order valence-corrected chi connectivity index (χ4v) is 3.69. The lowest BCUT2D eigenvalue weighted by atomic mass is 9.84. The van der Waals surface area contributed by atoms with Gasteiger partial charge in [-0.1, -0.05) is 6.42 Å². The largest absolute Gasteiger partial charge is 0.417 e. The molecule has 2 fully saturated rings. The highest BCUT2D eigenvalue weighted by Crippen LogP contribution is 2.34. The normalized spacial score (nSPS) is 22.2. The van der Waals surface area contributed by atoms with E-state index in [1.165, 1.54) is 0 Å². The third-order valence-corrected chi connectivity index (χ3v) is 5.28. The van der Waals surface area contributed by atoms with Crippen LogP contribution >= 0.6 is 15.9 Å². The zero-order valence-electron chi connectivity index (χ0n) is 13.1. The van der Waals surface area contributed by atoms with Crippen LogP contribution in [0, 0.1) is 5.92 Å². The lowest BCUT2D eigenvalue weighted by Gasteiger charge is -2.36. The molecule has 1 saturated heterocycles. The van der Waals surface area contributed by atoms with E-state index in [1.807, 2.05) is 4.90 Å². The standard InChI is InChI=1S/C16H19BrF3N3O/c17-13-7-11(16(18,19)20)8-21-14(13)23-6-2-5-12(9-23)22-15(24)10-3-1-4-10/h7-8,10,12H,1-6,9H2,(H,22,24). The Morgan fingerprint density at radius 2 is 2.04 bits per heavy atom. The van der Waals surface area contributed by atoms with Gasteiger partial charge >= 0.3 is 6.18 Å². The molecule has 1 aliphatic carbocycles. The van der Waals surface area contributed by atoms with Crippen molar-refractivity contribution in [2.75, 3.05) is 18.0 Å². The van der Waals surface area contributed by atoms with Gasteiger partial charge in [-0.2, -0.15) is 13.2 Å². The first-order valence-electron chi connectivity index (χ1n) is 8.12. The number of pyridine rings is 1. The summed E-state index contributed by atoms with van der Waals surface area (Å²) in [6.45, 7) is 1.28. The highest BCUT2D eigenvalue weighted by molar-refractivity contribution is 9.10. The summed E-state index contributed by atoms with van der Waals surface area (Å²) in [7, 11) is 0. The van der Waals surface area contributed by atoms with Crippen LogP contribution < -0.4 is 10.2 Å². The Morgan fingerprint density at radius 3 is 2.62 bits per heavy atom. The summed E-state index contributed by atoms with van der Waals surface area (Å²) in [6.07, 6.45) is 1.21. The van der Waals surface area contributed by atoms with Crippen LogP contribution in [0.25, 0.3) is 0 Å². The van der Waals surface area contributed by atoms with E-state index in [1.54, 1.807) is 0 Å². The second kappa shape index (κ2) is 6.90. The molecule has 0 aromatic carbocycles. The molecule has 132 valence electrons. The van der Waals surface area contributed by atoms with Crippen LogP contribution in [0.3, 0.4) is 0 Å². The van der Waals surface area contributed by atoms with Gasteiger partial charge in [-0.05, 0) is 47.7 Å². The fraction of sp³-hybridized carbons (Fsp3) is 0.625. The van der Waals surface area contributed by atoms with Crippen LogP contribution in [0.5, 0.6) is 0 Å². The van der Waals surface area contributed by atoms with E-state index in [9.17, 15) is 18.0 Å². The number of carbonyl (C=O) groups is 1. The molecule has 1 aromatic rings. The second-order valence-corrected chi connectivity index (χ2v) is 7.30. The molecule has 1 unspecified atom stereocenters. The number of halogens is 4. The van der Waals surface area contributed by atoms with Crippen LogP contribution in [0.1, 0.15) is 37.7 Å². The molecule has 2 heterocycles. The molecule has 2 aliphatic rings. The van der Waals surface area contributed by atoms with E-state index >= 15 is 0 Å². The van der Waals surface area contributed by atoms with Gasteiger partial charge in [0.05, 0.1) is 10.0 Å². The maximum atomic E-state index is 12.7. The van der Waals surface area contributed by atoms with Gasteiger partial charge in [0.15, 0.2) is 0 Å². The Bertz CT molecular complexity index is 619. The Balaban J connectivity index is 1.67. The van der Waals surface area contributed by atoms with Gasteiger partial charge in [0.25, 0.3) is 0 Å². The number of hydrogen-bond acceptors (Lipinski definition) is 3. The van der Waals surface area contributed by atoms with Crippen molar-refractivity contribution in [1.29, 1.82) is 0 Å². The number of aromatic nitrogens is 1. The SMILES string of the molecule is O=C(NC1CCCN(c2ncc(C(F)(F)F)cc2Br)C1)C1CCC1. The molecule has 1 amide bonds. The quantitative estimate of drug-likeness (QED) is 0.832. The minimum absolute atomic E-state index is 0.0165. The molecule has 1 aliphatic heterocycles. The van der Waals surface area contributed by atoms with Crippen LogP contribution in [0.15, 0.2) is 16.7 Å². The summed E-state index contributed by atoms with van der Waals surface area (Å²) < 4.78 is 38.5. The van der Waals surface area contributed by atoms with E-state index in [0.29, 0.717) is 23.4 Å². The average Bonchev–Trinajstić information content (AvgIpc) is 2.44. The highest BCUT2D eigenvalue weighted by atomic mass is 79.9. The zero-order chi connectivity index (χ0) is 17.3. The predicted octanol–water partition coefficient (Wildman–Crippen LogP) is 3.75. The second-order valence-electron chi connectivity index (χ2n) is 6.45. The number of carbonyl (C=O) groups excluding carboxylic acids is 1. The zero-order valence-corrected chi connectivity index (χ0v) is 14.7. The summed E-state index contributed by atoms with van der Waals surface area (Å²) in [5, 5.41) is 3.07. The summed E-state index contributed by atoms with van der Waals surface area (Å²) in [5.74, 6) is 0.731. The average molecular weight is 406 g/mol. The summed E-state index contributed by atoms with van der Waals surface area (Å²) in [4.78, 5) is 18.0. The minimum Gasteiger partial charge on any atom is -0.354 e. The monoisotopic (exact) mass is 405 g/mol. The number of amides is 1. The Hall–Kier alpha value is -1.31. The molecule has 0 radical (unpaired) electrons. The first kappa shape index (κ1) is 17.5. The maximum absolute atomic E-state index is 12.7. The van der Waals surface area contributed by atoms with Crippen molar-refractivity contribution in [2.45, 2.75) is 44.3 Å². The Morgan fingerprint density at radius 1 is 1.29 bits per heavy atom. The van der Waals surface area contributed by atoms with Crippen LogP contribution in [-0.4, -0.2) is 30.0 Å². The summed E-state index contributed by atoms with van der Waals surface area (Å²) >= 11 is 3.20. The number of rotatable bonds is 3. The van der Waals surface area contributed by atoms with Crippen LogP contribution in [0.2, 0.25) is 0 Å². The van der Waals surface area contributed by atoms with Gasteiger partial charge in [-0.3, -0.25) is 4.79 Å². The van der Waals surface area contributed by atoms with Gasteiger partial charge in [0, 0.05) is 31.2 Å². The molecule has 4 nitrogen and oxygen atoms in total. The van der Waals surface area contributed by atoms with Crippen molar-refractivity contribution in [2.24, 2.45) is 5.92 Å². The van der Waals surface area contributed by atoms with Crippen molar-refractivity contribution in [3.8, 4) is 0 Å². The van der Waals surface area contributed by atoms with Crippen molar-refractivity contribution in [3.05, 3.63) is 22.3 Å². The van der Waals surface area contributed by atoms with Gasteiger partial charge < -0.3 is 10.2 Å². The smallest absolute Gasteiger partial charge is 0.354 e. The first-order chi connectivity index (χ1) is 11.3. The topological polar surface area (TPSA) is 45.2 Å². The summed E-state index contributed by atoms with van der Waals surface area (Å²) in [5.41, 5.74) is -0.773. The molecular formula is C16H19BrF3N3O. The Labute approximate surface area is 146 Å². The highest BCUT2D eigenvalue weighted by Gasteiger charge is 2.33. The van der Waals surface area contributed by atoms with Gasteiger partial charge in [0.2, 0.25) is 5.91 Å². The Kier molecular flexibility index (Phi) is 5.03. The molecule has 1 atom stereocenters. The fourth-order valence-electron chi connectivity index (χ4n) is 3.10. The molecule has 24 heavy (non-hydrogen) atoms. The lowest BCUT2D eigenvalue weighted by molar-refractivity contribution is -0.137. The van der Waals surface area contributed by atoms with Crippen molar-refractivity contribution < 1.29 is 18.0 Å². The molecule has 1 aromatic heterocycles. The third-order valence-electron chi connectivity index (χ3n) is 4.69.